The zero-order chi connectivity index (χ0) is 38.9. The number of rotatable bonds is 5. The molecule has 0 unspecified atom stereocenters. The molecule has 0 amide bonds. The van der Waals surface area contributed by atoms with E-state index >= 15 is 0 Å². The molecule has 1 radical (unpaired) electrons. The Labute approximate surface area is 345 Å². The van der Waals surface area contributed by atoms with E-state index in [0.29, 0.717) is 0 Å². The summed E-state index contributed by atoms with van der Waals surface area (Å²) in [4.78, 5) is 2.40. The van der Waals surface area contributed by atoms with Crippen LogP contribution in [0.5, 0.6) is 11.5 Å². The standard InChI is InChI=1S/C54H36NO2Si2/c1-4-16-37(17-5-1)38-28-31-43-44-32-29-40(35-48(44)57-47(43)34-38)55(39-18-6-2-7-19-39)41-30-33-50-54(36-41)59(51-25-13-10-22-45(51)56-46-23-11-14-26-52(46)59)53-27-15-12-24-49(53)58(50)42-20-8-3-9-21-42/h1-36H. The number of benzene rings is 9. The minimum atomic E-state index is -2.95. The van der Waals surface area contributed by atoms with Crippen LogP contribution in [0.1, 0.15) is 0 Å². The molecule has 0 saturated heterocycles. The van der Waals surface area contributed by atoms with Crippen molar-refractivity contribution in [1.29, 1.82) is 0 Å². The van der Waals surface area contributed by atoms with Gasteiger partial charge in [-0.2, -0.15) is 0 Å². The summed E-state index contributed by atoms with van der Waals surface area (Å²) in [6.45, 7) is 0. The minimum absolute atomic E-state index is 0.864. The fraction of sp³-hybridized carbons (Fsp3) is 0. The third-order valence-electron chi connectivity index (χ3n) is 12.2. The molecule has 0 aliphatic carbocycles. The third kappa shape index (κ3) is 5.18. The molecule has 10 aromatic rings. The van der Waals surface area contributed by atoms with E-state index in [1.807, 2.05) is 0 Å². The lowest BCUT2D eigenvalue weighted by Gasteiger charge is -2.46. The number of fused-ring (bicyclic) bond motifs is 11. The van der Waals surface area contributed by atoms with E-state index in [4.69, 9.17) is 9.15 Å². The van der Waals surface area contributed by atoms with Gasteiger partial charge in [0.15, 0.2) is 16.9 Å². The van der Waals surface area contributed by atoms with Crippen molar-refractivity contribution < 1.29 is 9.15 Å². The Bertz CT molecular complexity index is 3170. The van der Waals surface area contributed by atoms with Gasteiger partial charge in [0, 0.05) is 33.9 Å². The average molecular weight is 787 g/mol. The van der Waals surface area contributed by atoms with E-state index in [1.165, 1.54) is 41.9 Å². The second-order valence-electron chi connectivity index (χ2n) is 15.4. The molecular weight excluding hydrogens is 751 g/mol. The van der Waals surface area contributed by atoms with Gasteiger partial charge in [0.1, 0.15) is 22.7 Å². The predicted octanol–water partition coefficient (Wildman–Crippen LogP) is 9.04. The van der Waals surface area contributed by atoms with Crippen LogP contribution in [0.4, 0.5) is 17.1 Å². The van der Waals surface area contributed by atoms with Crippen molar-refractivity contribution in [3.05, 3.63) is 218 Å². The molecule has 3 heterocycles. The summed E-state index contributed by atoms with van der Waals surface area (Å²) < 4.78 is 13.5. The molecule has 3 nitrogen and oxygen atoms in total. The summed E-state index contributed by atoms with van der Waals surface area (Å²) in [5.74, 6) is 1.90. The van der Waals surface area contributed by atoms with E-state index in [0.717, 1.165) is 56.1 Å². The Balaban J connectivity index is 1.12. The van der Waals surface area contributed by atoms with Gasteiger partial charge in [0.2, 0.25) is 0 Å². The fourth-order valence-electron chi connectivity index (χ4n) is 9.75. The van der Waals surface area contributed by atoms with Crippen molar-refractivity contribution in [2.75, 3.05) is 4.90 Å². The molecule has 2 aliphatic heterocycles. The molecule has 0 atom stereocenters. The van der Waals surface area contributed by atoms with Gasteiger partial charge >= 0.3 is 0 Å². The van der Waals surface area contributed by atoms with Crippen LogP contribution in [0.2, 0.25) is 0 Å². The van der Waals surface area contributed by atoms with Gasteiger partial charge in [-0.1, -0.05) is 167 Å². The first-order valence-corrected chi connectivity index (χ1v) is 23.7. The molecule has 1 spiro atoms. The summed E-state index contributed by atoms with van der Waals surface area (Å²) in [6.07, 6.45) is 0. The number of hydrogen-bond donors (Lipinski definition) is 0. The molecule has 2 aliphatic rings. The number of ether oxygens (including phenoxy) is 1. The predicted molar refractivity (Wildman–Crippen MR) is 249 cm³/mol. The summed E-state index contributed by atoms with van der Waals surface area (Å²) in [5, 5.41) is 12.0. The van der Waals surface area contributed by atoms with E-state index in [1.54, 1.807) is 0 Å². The number of hydrogen-bond acceptors (Lipinski definition) is 3. The van der Waals surface area contributed by atoms with Gasteiger partial charge < -0.3 is 14.1 Å². The van der Waals surface area contributed by atoms with Crippen LogP contribution in [0, 0.1) is 0 Å². The second kappa shape index (κ2) is 13.5. The average Bonchev–Trinajstić information content (AvgIpc) is 3.67. The van der Waals surface area contributed by atoms with Crippen molar-refractivity contribution in [3.8, 4) is 22.6 Å². The second-order valence-corrected chi connectivity index (χ2v) is 21.5. The van der Waals surface area contributed by atoms with Crippen molar-refractivity contribution in [3.63, 3.8) is 0 Å². The number of furan rings is 1. The van der Waals surface area contributed by atoms with Gasteiger partial charge in [-0.05, 0) is 92.5 Å². The lowest BCUT2D eigenvalue weighted by Crippen LogP contribution is -2.87. The van der Waals surface area contributed by atoms with Crippen LogP contribution in [-0.4, -0.2) is 16.9 Å². The maximum absolute atomic E-state index is 6.78. The monoisotopic (exact) mass is 786 g/mol. The van der Waals surface area contributed by atoms with E-state index in [9.17, 15) is 0 Å². The molecule has 277 valence electrons. The van der Waals surface area contributed by atoms with Crippen LogP contribution in [0.25, 0.3) is 33.1 Å². The first kappa shape index (κ1) is 33.9. The number of nitrogens with zero attached hydrogens (tertiary/aromatic N) is 1. The number of para-hydroxylation sites is 3. The molecule has 1 aromatic heterocycles. The molecule has 0 saturated carbocycles. The zero-order valence-electron chi connectivity index (χ0n) is 32.0. The SMILES string of the molecule is c1ccc(-c2ccc3c(c2)oc2cc(N(c4ccccc4)c4ccc5c(c4)[Si]4(c6ccccc6Oc6ccccc64)c4ccccc4[Si]5c4ccccc4)ccc23)cc1. The van der Waals surface area contributed by atoms with Gasteiger partial charge in [0.05, 0.1) is 0 Å². The van der Waals surface area contributed by atoms with E-state index in [2.05, 4.69) is 223 Å². The maximum atomic E-state index is 6.78. The highest BCUT2D eigenvalue weighted by atomic mass is 28.3. The Kier molecular flexibility index (Phi) is 7.73. The van der Waals surface area contributed by atoms with Gasteiger partial charge in [-0.25, -0.2) is 0 Å². The third-order valence-corrected chi connectivity index (χ3v) is 20.5. The highest BCUT2D eigenvalue weighted by molar-refractivity contribution is 7.27. The maximum Gasteiger partial charge on any atom is 0.188 e. The molecule has 5 heteroatoms. The van der Waals surface area contributed by atoms with E-state index < -0.39 is 16.9 Å². The zero-order valence-corrected chi connectivity index (χ0v) is 34.0. The van der Waals surface area contributed by atoms with Crippen LogP contribution in [0.3, 0.4) is 0 Å². The molecule has 12 rings (SSSR count). The quantitative estimate of drug-likeness (QED) is 0.163. The van der Waals surface area contributed by atoms with Gasteiger partial charge in [-0.3, -0.25) is 0 Å². The molecule has 0 N–H and O–H groups in total. The van der Waals surface area contributed by atoms with Gasteiger partial charge in [0.25, 0.3) is 0 Å². The van der Waals surface area contributed by atoms with Crippen LogP contribution in [0.15, 0.2) is 223 Å². The lowest BCUT2D eigenvalue weighted by molar-refractivity contribution is 0.487. The fourth-order valence-corrected chi connectivity index (χ4v) is 19.4. The summed E-state index contributed by atoms with van der Waals surface area (Å²) in [5.41, 5.74) is 7.31. The highest BCUT2D eigenvalue weighted by Crippen LogP contribution is 2.40. The first-order valence-electron chi connectivity index (χ1n) is 20.2. The van der Waals surface area contributed by atoms with Crippen molar-refractivity contribution in [2.24, 2.45) is 0 Å². The Morgan fingerprint density at radius 1 is 0.373 bits per heavy atom. The largest absolute Gasteiger partial charge is 0.458 e. The van der Waals surface area contributed by atoms with Crippen molar-refractivity contribution >= 4 is 92.2 Å². The number of anilines is 3. The normalized spacial score (nSPS) is 13.6. The summed E-state index contributed by atoms with van der Waals surface area (Å²) in [6, 6.07) is 79.9. The molecule has 0 fully saturated rings. The Hall–Kier alpha value is -7.19. The van der Waals surface area contributed by atoms with Crippen LogP contribution < -0.4 is 45.9 Å². The molecule has 0 bridgehead atoms. The smallest absolute Gasteiger partial charge is 0.188 e. The molecule has 9 aromatic carbocycles. The van der Waals surface area contributed by atoms with Crippen molar-refractivity contribution in [1.82, 2.24) is 0 Å². The summed E-state index contributed by atoms with van der Waals surface area (Å²) in [7, 11) is -4.34. The van der Waals surface area contributed by atoms with Gasteiger partial charge in [-0.15, -0.1) is 0 Å². The van der Waals surface area contributed by atoms with Crippen LogP contribution in [-0.2, 0) is 0 Å². The molecular formula is C54H36NO2Si2. The topological polar surface area (TPSA) is 25.6 Å². The lowest BCUT2D eigenvalue weighted by atomic mass is 10.0. The Morgan fingerprint density at radius 3 is 1.64 bits per heavy atom. The highest BCUT2D eigenvalue weighted by Gasteiger charge is 2.54. The van der Waals surface area contributed by atoms with E-state index in [-0.39, 0.29) is 0 Å². The Morgan fingerprint density at radius 2 is 0.915 bits per heavy atom. The first-order chi connectivity index (χ1) is 29.3. The van der Waals surface area contributed by atoms with Crippen molar-refractivity contribution in [2.45, 2.75) is 0 Å². The summed E-state index contributed by atoms with van der Waals surface area (Å²) >= 11 is 0. The van der Waals surface area contributed by atoms with Crippen LogP contribution >= 0.6 is 0 Å². The molecule has 59 heavy (non-hydrogen) atoms. The minimum Gasteiger partial charge on any atom is -0.458 e.